The second-order valence-electron chi connectivity index (χ2n) is 4.48. The molecule has 2 aromatic rings. The van der Waals surface area contributed by atoms with Crippen LogP contribution in [0, 0.1) is 6.92 Å². The van der Waals surface area contributed by atoms with Crippen molar-refractivity contribution in [1.82, 2.24) is 9.97 Å². The van der Waals surface area contributed by atoms with E-state index >= 15 is 0 Å². The molecule has 6 nitrogen and oxygen atoms in total. The Morgan fingerprint density at radius 2 is 1.78 bits per heavy atom. The van der Waals surface area contributed by atoms with Crippen LogP contribution < -0.4 is 20.9 Å². The molecule has 0 fully saturated rings. The van der Waals surface area contributed by atoms with Crippen molar-refractivity contribution in [3.05, 3.63) is 33.9 Å². The van der Waals surface area contributed by atoms with Gasteiger partial charge in [-0.05, 0) is 19.1 Å². The lowest BCUT2D eigenvalue weighted by atomic mass is 10.3. The molecule has 0 unspecified atom stereocenters. The number of nitrogen functional groups attached to an aromatic ring is 2. The Labute approximate surface area is 150 Å². The molecule has 126 valence electrons. The smallest absolute Gasteiger partial charge is 0.222 e. The molecule has 0 aliphatic carbocycles. The molecule has 0 saturated carbocycles. The number of nitrogens with zero attached hydrogens (tertiary/aromatic N) is 2. The Hall–Kier alpha value is -1.63. The second kappa shape index (κ2) is 8.86. The number of anilines is 2. The van der Waals surface area contributed by atoms with Crippen molar-refractivity contribution < 1.29 is 9.47 Å². The van der Waals surface area contributed by atoms with Crippen LogP contribution in [0.4, 0.5) is 11.8 Å². The average Bonchev–Trinajstić information content (AvgIpc) is 2.45. The van der Waals surface area contributed by atoms with Gasteiger partial charge in [-0.1, -0.05) is 29.3 Å². The molecule has 9 heteroatoms. The van der Waals surface area contributed by atoms with E-state index in [1.807, 2.05) is 0 Å². The fourth-order valence-electron chi connectivity index (χ4n) is 1.80. The van der Waals surface area contributed by atoms with Gasteiger partial charge in [0.2, 0.25) is 5.95 Å². The van der Waals surface area contributed by atoms with Gasteiger partial charge in [0.25, 0.3) is 0 Å². The summed E-state index contributed by atoms with van der Waals surface area (Å²) in [6, 6.07) is 5.23. The molecule has 0 amide bonds. The number of hydrogen-bond acceptors (Lipinski definition) is 6. The number of aromatic nitrogens is 2. The van der Waals surface area contributed by atoms with E-state index in [-0.39, 0.29) is 24.2 Å². The van der Waals surface area contributed by atoms with Gasteiger partial charge in [0.05, 0.1) is 23.9 Å². The molecule has 1 aromatic carbocycles. The van der Waals surface area contributed by atoms with Gasteiger partial charge in [-0.3, -0.25) is 0 Å². The van der Waals surface area contributed by atoms with Crippen molar-refractivity contribution in [1.29, 1.82) is 0 Å². The number of ether oxygens (including phenoxy) is 2. The topological polar surface area (TPSA) is 96.3 Å². The van der Waals surface area contributed by atoms with Crippen LogP contribution >= 0.6 is 35.6 Å². The van der Waals surface area contributed by atoms with Crippen LogP contribution in [0.25, 0.3) is 0 Å². The monoisotopic (exact) mass is 378 g/mol. The lowest BCUT2D eigenvalue weighted by Crippen LogP contribution is -2.10. The zero-order chi connectivity index (χ0) is 16.1. The summed E-state index contributed by atoms with van der Waals surface area (Å²) >= 11 is 11.9. The highest BCUT2D eigenvalue weighted by atomic mass is 35.5. The third-order valence-corrected chi connectivity index (χ3v) is 3.59. The van der Waals surface area contributed by atoms with Gasteiger partial charge < -0.3 is 20.9 Å². The van der Waals surface area contributed by atoms with Crippen LogP contribution in [0.15, 0.2) is 18.2 Å². The van der Waals surface area contributed by atoms with Crippen LogP contribution in [0.3, 0.4) is 0 Å². The van der Waals surface area contributed by atoms with Crippen molar-refractivity contribution in [2.75, 3.05) is 24.7 Å². The molecule has 0 aliphatic rings. The Morgan fingerprint density at radius 3 is 2.48 bits per heavy atom. The molecule has 0 spiro atoms. The molecule has 0 saturated heterocycles. The maximum Gasteiger partial charge on any atom is 0.222 e. The van der Waals surface area contributed by atoms with Crippen molar-refractivity contribution in [3.63, 3.8) is 0 Å². The summed E-state index contributed by atoms with van der Waals surface area (Å²) in [6.07, 6.45) is 0.631. The molecular formula is C14H17Cl3N4O2. The van der Waals surface area contributed by atoms with Gasteiger partial charge in [-0.2, -0.15) is 4.98 Å². The first-order valence-corrected chi connectivity index (χ1v) is 7.34. The second-order valence-corrected chi connectivity index (χ2v) is 5.27. The van der Waals surface area contributed by atoms with E-state index in [2.05, 4.69) is 9.97 Å². The maximum atomic E-state index is 6.03. The Kier molecular flexibility index (Phi) is 7.48. The minimum absolute atomic E-state index is 0. The number of rotatable bonds is 6. The summed E-state index contributed by atoms with van der Waals surface area (Å²) in [5, 5.41) is 0.856. The fraction of sp³-hybridized carbons (Fsp3) is 0.286. The minimum atomic E-state index is 0. The third kappa shape index (κ3) is 5.20. The van der Waals surface area contributed by atoms with Gasteiger partial charge in [0.15, 0.2) is 11.6 Å². The van der Waals surface area contributed by atoms with E-state index in [9.17, 15) is 0 Å². The van der Waals surface area contributed by atoms with Gasteiger partial charge in [-0.25, -0.2) is 4.98 Å². The molecule has 4 N–H and O–H groups in total. The highest BCUT2D eigenvalue weighted by molar-refractivity contribution is 6.42. The molecule has 0 atom stereocenters. The van der Waals surface area contributed by atoms with E-state index in [0.717, 1.165) is 0 Å². The Balaban J connectivity index is 0.00000264. The highest BCUT2D eigenvalue weighted by Gasteiger charge is 2.09. The maximum absolute atomic E-state index is 6.03. The predicted octanol–water partition coefficient (Wildman–Crippen LogP) is 3.53. The number of hydrogen-bond donors (Lipinski definition) is 2. The van der Waals surface area contributed by atoms with Crippen LogP contribution in [0.2, 0.25) is 10.0 Å². The van der Waals surface area contributed by atoms with Crippen molar-refractivity contribution in [2.24, 2.45) is 0 Å². The van der Waals surface area contributed by atoms with Crippen molar-refractivity contribution in [3.8, 4) is 11.5 Å². The number of nitrogens with two attached hydrogens (primary N) is 2. The van der Waals surface area contributed by atoms with Crippen molar-refractivity contribution in [2.45, 2.75) is 13.3 Å². The Bertz CT molecular complexity index is 647. The summed E-state index contributed by atoms with van der Waals surface area (Å²) in [4.78, 5) is 7.86. The molecule has 23 heavy (non-hydrogen) atoms. The normalized spacial score (nSPS) is 10.0. The predicted molar refractivity (Wildman–Crippen MR) is 94.9 cm³/mol. The quantitative estimate of drug-likeness (QED) is 0.745. The van der Waals surface area contributed by atoms with Gasteiger partial charge >= 0.3 is 0 Å². The lowest BCUT2D eigenvalue weighted by Gasteiger charge is -2.12. The largest absolute Gasteiger partial charge is 0.492 e. The summed E-state index contributed by atoms with van der Waals surface area (Å²) in [5.74, 6) is 1.33. The molecule has 1 heterocycles. The van der Waals surface area contributed by atoms with Gasteiger partial charge in [0, 0.05) is 6.42 Å². The van der Waals surface area contributed by atoms with E-state index in [1.54, 1.807) is 25.1 Å². The minimum Gasteiger partial charge on any atom is -0.492 e. The highest BCUT2D eigenvalue weighted by Crippen LogP contribution is 2.31. The summed E-state index contributed by atoms with van der Waals surface area (Å²) in [5.41, 5.74) is 11.8. The summed E-state index contributed by atoms with van der Waals surface area (Å²) in [7, 11) is 0. The van der Waals surface area contributed by atoms with Crippen LogP contribution in [-0.2, 0) is 0 Å². The van der Waals surface area contributed by atoms with E-state index in [1.165, 1.54) is 0 Å². The first kappa shape index (κ1) is 19.4. The first-order valence-electron chi connectivity index (χ1n) is 6.58. The van der Waals surface area contributed by atoms with Crippen LogP contribution in [-0.4, -0.2) is 23.2 Å². The number of benzene rings is 1. The van der Waals surface area contributed by atoms with Crippen molar-refractivity contribution >= 4 is 47.4 Å². The molecule has 0 radical (unpaired) electrons. The average molecular weight is 380 g/mol. The summed E-state index contributed by atoms with van der Waals surface area (Å²) in [6.45, 7) is 2.58. The van der Waals surface area contributed by atoms with Gasteiger partial charge in [-0.15, -0.1) is 12.4 Å². The number of aryl methyl sites for hydroxylation is 1. The zero-order valence-electron chi connectivity index (χ0n) is 12.4. The van der Waals surface area contributed by atoms with Crippen LogP contribution in [0.5, 0.6) is 11.5 Å². The molecule has 2 rings (SSSR count). The third-order valence-electron chi connectivity index (χ3n) is 2.79. The molecular weight excluding hydrogens is 363 g/mol. The van der Waals surface area contributed by atoms with E-state index < -0.39 is 0 Å². The van der Waals surface area contributed by atoms with Gasteiger partial charge in [0.1, 0.15) is 10.8 Å². The standard InChI is InChI=1S/C14H16Cl2N4O2.ClH/c1-8-12(13(17)20-14(18)19-8)22-7-3-6-21-10-5-2-4-9(15)11(10)16;/h2,4-5H,3,6-7H2,1H3,(H4,17,18,19,20);1H. The first-order chi connectivity index (χ1) is 10.5. The number of halogens is 3. The zero-order valence-corrected chi connectivity index (χ0v) is 14.7. The van der Waals surface area contributed by atoms with Crippen LogP contribution in [0.1, 0.15) is 12.1 Å². The molecule has 0 bridgehead atoms. The van der Waals surface area contributed by atoms with E-state index in [4.69, 9.17) is 44.1 Å². The fourth-order valence-corrected chi connectivity index (χ4v) is 2.14. The molecule has 1 aromatic heterocycles. The van der Waals surface area contributed by atoms with E-state index in [0.29, 0.717) is 46.9 Å². The molecule has 0 aliphatic heterocycles. The Morgan fingerprint density at radius 1 is 1.09 bits per heavy atom. The lowest BCUT2D eigenvalue weighted by molar-refractivity contribution is 0.246. The SMILES string of the molecule is Cc1nc(N)nc(N)c1OCCCOc1cccc(Cl)c1Cl.Cl. The summed E-state index contributed by atoms with van der Waals surface area (Å²) < 4.78 is 11.1.